The third kappa shape index (κ3) is 3.71. The number of amides is 1. The summed E-state index contributed by atoms with van der Waals surface area (Å²) in [5.41, 5.74) is 2.23. The lowest BCUT2D eigenvalue weighted by atomic mass is 9.77. The van der Waals surface area contributed by atoms with Crippen LogP contribution in [0.25, 0.3) is 10.2 Å². The van der Waals surface area contributed by atoms with Crippen molar-refractivity contribution in [1.82, 2.24) is 4.98 Å². The summed E-state index contributed by atoms with van der Waals surface area (Å²) in [5.74, 6) is -0.893. The Morgan fingerprint density at radius 3 is 2.72 bits per heavy atom. The quantitative estimate of drug-likeness (QED) is 0.413. The van der Waals surface area contributed by atoms with Gasteiger partial charge in [-0.1, -0.05) is 41.5 Å². The minimum atomic E-state index is -0.662. The summed E-state index contributed by atoms with van der Waals surface area (Å²) in [6.07, 6.45) is 3.23. The smallest absolute Gasteiger partial charge is 0.338 e. The highest BCUT2D eigenvalue weighted by Crippen LogP contribution is 2.49. The number of esters is 1. The van der Waals surface area contributed by atoms with Crippen molar-refractivity contribution in [2.45, 2.75) is 44.8 Å². The molecular formula is C27H23ClN2O5S. The lowest BCUT2D eigenvalue weighted by Crippen LogP contribution is -2.39. The minimum absolute atomic E-state index is 0.0116. The van der Waals surface area contributed by atoms with Gasteiger partial charge in [0.1, 0.15) is 6.10 Å². The van der Waals surface area contributed by atoms with Gasteiger partial charge < -0.3 is 9.47 Å². The number of halogens is 1. The van der Waals surface area contributed by atoms with Crippen molar-refractivity contribution < 1.29 is 23.9 Å². The number of carbonyl (C=O) groups is 3. The highest BCUT2D eigenvalue weighted by Gasteiger charge is 2.53. The van der Waals surface area contributed by atoms with E-state index in [1.165, 1.54) is 11.3 Å². The first kappa shape index (κ1) is 23.2. The van der Waals surface area contributed by atoms with Gasteiger partial charge in [0.2, 0.25) is 0 Å². The molecule has 3 atom stereocenters. The number of nitrogens with zero attached hydrogens (tertiary/aromatic N) is 2. The van der Waals surface area contributed by atoms with Crippen LogP contribution < -0.4 is 4.90 Å². The van der Waals surface area contributed by atoms with Crippen LogP contribution in [-0.4, -0.2) is 35.4 Å². The predicted octanol–water partition coefficient (Wildman–Crippen LogP) is 5.63. The van der Waals surface area contributed by atoms with Gasteiger partial charge in [-0.3, -0.25) is 14.5 Å². The van der Waals surface area contributed by atoms with Crippen LogP contribution in [0.4, 0.5) is 5.13 Å². The molecule has 9 heteroatoms. The van der Waals surface area contributed by atoms with Crippen LogP contribution >= 0.6 is 22.9 Å². The zero-order chi connectivity index (χ0) is 25.0. The van der Waals surface area contributed by atoms with Gasteiger partial charge in [-0.25, -0.2) is 9.78 Å². The van der Waals surface area contributed by atoms with E-state index < -0.39 is 12.0 Å². The molecule has 184 valence electrons. The summed E-state index contributed by atoms with van der Waals surface area (Å²) in [4.78, 5) is 46.0. The fourth-order valence-corrected chi connectivity index (χ4v) is 6.52. The fourth-order valence-electron chi connectivity index (χ4n) is 5.36. The zero-order valence-electron chi connectivity index (χ0n) is 19.5. The van der Waals surface area contributed by atoms with Crippen molar-refractivity contribution in [2.24, 2.45) is 5.92 Å². The monoisotopic (exact) mass is 522 g/mol. The van der Waals surface area contributed by atoms with Gasteiger partial charge in [0.15, 0.2) is 16.7 Å². The number of Topliss-reactive ketones (excluding diaryl/α,β-unsaturated/α-hetero) is 1. The first-order valence-electron chi connectivity index (χ1n) is 12.1. The molecule has 3 aromatic rings. The molecular weight excluding hydrogens is 500 g/mol. The van der Waals surface area contributed by atoms with E-state index in [1.807, 2.05) is 12.1 Å². The molecule has 2 aliphatic heterocycles. The highest BCUT2D eigenvalue weighted by atomic mass is 35.5. The third-order valence-electron chi connectivity index (χ3n) is 7.04. The Kier molecular flexibility index (Phi) is 5.80. The number of hydrogen-bond donors (Lipinski definition) is 0. The summed E-state index contributed by atoms with van der Waals surface area (Å²) >= 11 is 7.43. The van der Waals surface area contributed by atoms with Crippen LogP contribution in [0.2, 0.25) is 5.02 Å². The molecule has 2 aromatic carbocycles. The molecule has 1 aliphatic carbocycles. The van der Waals surface area contributed by atoms with E-state index in [0.29, 0.717) is 26.8 Å². The molecule has 0 N–H and O–H groups in total. The molecule has 3 unspecified atom stereocenters. The normalized spacial score (nSPS) is 23.5. The van der Waals surface area contributed by atoms with Gasteiger partial charge in [0, 0.05) is 5.02 Å². The van der Waals surface area contributed by atoms with E-state index >= 15 is 0 Å². The van der Waals surface area contributed by atoms with Crippen LogP contribution in [0.15, 0.2) is 53.8 Å². The van der Waals surface area contributed by atoms with Crippen LogP contribution in [-0.2, 0) is 19.1 Å². The number of benzene rings is 2. The Balaban J connectivity index is 1.46. The van der Waals surface area contributed by atoms with E-state index in [2.05, 4.69) is 0 Å². The van der Waals surface area contributed by atoms with Crippen LogP contribution in [0.5, 0.6) is 0 Å². The van der Waals surface area contributed by atoms with Crippen molar-refractivity contribution in [1.29, 1.82) is 0 Å². The van der Waals surface area contributed by atoms with E-state index in [0.717, 1.165) is 35.9 Å². The van der Waals surface area contributed by atoms with Crippen molar-refractivity contribution >= 4 is 55.9 Å². The number of anilines is 1. The maximum absolute atomic E-state index is 13.8. The molecule has 3 aliphatic rings. The van der Waals surface area contributed by atoms with Crippen molar-refractivity contribution in [3.8, 4) is 0 Å². The second-order valence-corrected chi connectivity index (χ2v) is 10.6. The number of aromatic nitrogens is 1. The molecule has 3 heterocycles. The summed E-state index contributed by atoms with van der Waals surface area (Å²) < 4.78 is 12.1. The molecule has 0 spiro atoms. The first-order valence-corrected chi connectivity index (χ1v) is 13.3. The lowest BCUT2D eigenvalue weighted by molar-refractivity contribution is -0.131. The highest BCUT2D eigenvalue weighted by molar-refractivity contribution is 7.22. The standard InChI is InChI=1S/C27H23ClN2O5S/c1-2-34-26(33)15-9-12-18-20(13-15)36-27(29-18)30-22(14-7-10-16(28)11-8-14)21-23(31)17-5-3-4-6-19(17)35-24(21)25(30)32/h7-13,17,19,22H,2-6H2,1H3. The van der Waals surface area contributed by atoms with E-state index in [4.69, 9.17) is 26.1 Å². The number of carbonyl (C=O) groups excluding carboxylic acids is 3. The average molecular weight is 523 g/mol. The fraction of sp³-hybridized carbons (Fsp3) is 0.333. The Hall–Kier alpha value is -3.23. The number of rotatable bonds is 4. The van der Waals surface area contributed by atoms with Gasteiger partial charge in [-0.15, -0.1) is 0 Å². The number of hydrogen-bond acceptors (Lipinski definition) is 7. The van der Waals surface area contributed by atoms with E-state index in [-0.39, 0.29) is 36.1 Å². The van der Waals surface area contributed by atoms with Gasteiger partial charge in [0.05, 0.1) is 39.9 Å². The molecule has 6 rings (SSSR count). The predicted molar refractivity (Wildman–Crippen MR) is 136 cm³/mol. The molecule has 0 radical (unpaired) electrons. The first-order chi connectivity index (χ1) is 17.5. The maximum Gasteiger partial charge on any atom is 0.338 e. The molecule has 0 saturated heterocycles. The number of thiazole rings is 1. The second kappa shape index (κ2) is 9.01. The molecule has 1 aromatic heterocycles. The third-order valence-corrected chi connectivity index (χ3v) is 8.31. The van der Waals surface area contributed by atoms with E-state index in [9.17, 15) is 14.4 Å². The molecule has 7 nitrogen and oxygen atoms in total. The topological polar surface area (TPSA) is 85.8 Å². The van der Waals surface area contributed by atoms with Crippen molar-refractivity contribution in [2.75, 3.05) is 11.5 Å². The van der Waals surface area contributed by atoms with Crippen molar-refractivity contribution in [3.05, 3.63) is 69.9 Å². The minimum Gasteiger partial charge on any atom is -0.483 e. The number of ether oxygens (including phenoxy) is 2. The molecule has 0 bridgehead atoms. The lowest BCUT2D eigenvalue weighted by Gasteiger charge is -2.35. The Labute approximate surface area is 216 Å². The number of ketones is 1. The van der Waals surface area contributed by atoms with Crippen LogP contribution in [0, 0.1) is 5.92 Å². The van der Waals surface area contributed by atoms with Gasteiger partial charge in [-0.2, -0.15) is 0 Å². The SMILES string of the molecule is CCOC(=O)c1ccc2nc(N3C(=O)C4=C(C(=O)C5CCCCC5O4)C3c3ccc(Cl)cc3)sc2c1. The van der Waals surface area contributed by atoms with Crippen LogP contribution in [0.1, 0.15) is 54.6 Å². The largest absolute Gasteiger partial charge is 0.483 e. The van der Waals surface area contributed by atoms with Gasteiger partial charge in [-0.05, 0) is 62.1 Å². The molecule has 1 amide bonds. The average Bonchev–Trinajstić information content (AvgIpc) is 3.43. The Morgan fingerprint density at radius 1 is 1.17 bits per heavy atom. The summed E-state index contributed by atoms with van der Waals surface area (Å²) in [6.45, 7) is 2.04. The Bertz CT molecular complexity index is 1430. The molecule has 1 fully saturated rings. The summed E-state index contributed by atoms with van der Waals surface area (Å²) in [6, 6.07) is 11.6. The van der Waals surface area contributed by atoms with E-state index in [1.54, 1.807) is 42.2 Å². The zero-order valence-corrected chi connectivity index (χ0v) is 21.1. The van der Waals surface area contributed by atoms with Crippen molar-refractivity contribution in [3.63, 3.8) is 0 Å². The molecule has 36 heavy (non-hydrogen) atoms. The second-order valence-electron chi connectivity index (χ2n) is 9.18. The Morgan fingerprint density at radius 2 is 1.94 bits per heavy atom. The van der Waals surface area contributed by atoms with Crippen LogP contribution in [0.3, 0.4) is 0 Å². The summed E-state index contributed by atoms with van der Waals surface area (Å²) in [7, 11) is 0. The maximum atomic E-state index is 13.8. The van der Waals surface area contributed by atoms with Gasteiger partial charge >= 0.3 is 5.97 Å². The summed E-state index contributed by atoms with van der Waals surface area (Å²) in [5, 5.41) is 0.999. The molecule has 1 saturated carbocycles. The number of fused-ring (bicyclic) bond motifs is 2. The van der Waals surface area contributed by atoms with Gasteiger partial charge in [0.25, 0.3) is 5.91 Å².